The summed E-state index contributed by atoms with van der Waals surface area (Å²) in [5, 5.41) is 5.86. The number of ketones is 1. The minimum Gasteiger partial charge on any atom is -0.298 e. The van der Waals surface area contributed by atoms with E-state index >= 15 is 0 Å². The van der Waals surface area contributed by atoms with Crippen LogP contribution < -0.4 is 0 Å². The van der Waals surface area contributed by atoms with Crippen LogP contribution >= 0.6 is 0 Å². The fourth-order valence-corrected chi connectivity index (χ4v) is 3.80. The predicted octanol–water partition coefficient (Wildman–Crippen LogP) is 5.25. The lowest BCUT2D eigenvalue weighted by Crippen LogP contribution is -2.35. The van der Waals surface area contributed by atoms with Crippen molar-refractivity contribution in [2.75, 3.05) is 6.54 Å². The summed E-state index contributed by atoms with van der Waals surface area (Å²) in [4.78, 5) is 24.7. The Morgan fingerprint density at radius 1 is 1.07 bits per heavy atom. The molecule has 4 nitrogen and oxygen atoms in total. The summed E-state index contributed by atoms with van der Waals surface area (Å²) in [7, 11) is 0. The minimum atomic E-state index is -0.0649. The Kier molecular flexibility index (Phi) is 7.34. The maximum absolute atomic E-state index is 12.5. The smallest absolute Gasteiger partial charge is 0.243 e. The molecular weight excluding hydrogens is 360 g/mol. The first-order valence-corrected chi connectivity index (χ1v) is 10.6. The molecule has 0 aliphatic carbocycles. The highest BCUT2D eigenvalue weighted by Gasteiger charge is 2.23. The van der Waals surface area contributed by atoms with Crippen molar-refractivity contribution in [3.8, 4) is 0 Å². The molecule has 0 fully saturated rings. The van der Waals surface area contributed by atoms with E-state index in [1.165, 1.54) is 16.1 Å². The topological polar surface area (TPSA) is 49.7 Å². The number of rotatable bonds is 9. The van der Waals surface area contributed by atoms with Crippen LogP contribution in [0.5, 0.6) is 0 Å². The van der Waals surface area contributed by atoms with Gasteiger partial charge in [0.15, 0.2) is 5.78 Å². The lowest BCUT2D eigenvalue weighted by molar-refractivity contribution is -0.135. The number of hydrogen-bond donors (Lipinski definition) is 0. The van der Waals surface area contributed by atoms with Gasteiger partial charge in [0.05, 0.1) is 5.71 Å². The Morgan fingerprint density at radius 2 is 1.79 bits per heavy atom. The molecule has 0 saturated heterocycles. The van der Waals surface area contributed by atoms with Crippen LogP contribution in [0.2, 0.25) is 0 Å². The van der Waals surface area contributed by atoms with E-state index in [2.05, 4.69) is 36.3 Å². The van der Waals surface area contributed by atoms with Crippen LogP contribution in [0.15, 0.2) is 59.7 Å². The average Bonchev–Trinajstić information content (AvgIpc) is 2.74. The molecule has 3 rings (SSSR count). The standard InChI is InChI=1S/C25H30N2O2/c1-3-20(21-8-5-4-6-9-21)10-7-11-23(28)18-27-25(29)17-16-24(26-27)22-14-12-19(2)13-15-22/h4-6,8-9,12-15,20H,3,7,10-11,16-18H2,1-2H3. The molecular formula is C25H30N2O2. The van der Waals surface area contributed by atoms with Crippen molar-refractivity contribution in [2.24, 2.45) is 5.10 Å². The van der Waals surface area contributed by atoms with E-state index in [1.807, 2.05) is 37.3 Å². The summed E-state index contributed by atoms with van der Waals surface area (Å²) in [6.45, 7) is 4.31. The van der Waals surface area contributed by atoms with Crippen molar-refractivity contribution in [3.05, 3.63) is 71.3 Å². The number of carbonyl (C=O) groups is 2. The van der Waals surface area contributed by atoms with Gasteiger partial charge in [0.1, 0.15) is 6.54 Å². The fourth-order valence-electron chi connectivity index (χ4n) is 3.80. The van der Waals surface area contributed by atoms with Crippen LogP contribution in [-0.4, -0.2) is 29.0 Å². The van der Waals surface area contributed by atoms with E-state index in [1.54, 1.807) is 0 Å². The van der Waals surface area contributed by atoms with E-state index in [-0.39, 0.29) is 18.2 Å². The number of amides is 1. The second kappa shape index (κ2) is 10.1. The molecule has 0 saturated carbocycles. The molecule has 1 heterocycles. The maximum atomic E-state index is 12.5. The number of benzene rings is 2. The highest BCUT2D eigenvalue weighted by Crippen LogP contribution is 2.25. The second-order valence-corrected chi connectivity index (χ2v) is 7.81. The van der Waals surface area contributed by atoms with Crippen LogP contribution in [0.4, 0.5) is 0 Å². The van der Waals surface area contributed by atoms with E-state index in [9.17, 15) is 9.59 Å². The molecule has 29 heavy (non-hydrogen) atoms. The zero-order valence-corrected chi connectivity index (χ0v) is 17.4. The number of aryl methyl sites for hydroxylation is 1. The molecule has 0 radical (unpaired) electrons. The third kappa shape index (κ3) is 5.86. The van der Waals surface area contributed by atoms with Gasteiger partial charge in [0.2, 0.25) is 5.91 Å². The molecule has 1 atom stereocenters. The Hall–Kier alpha value is -2.75. The zero-order valence-electron chi connectivity index (χ0n) is 17.4. The Labute approximate surface area is 173 Å². The van der Waals surface area contributed by atoms with Crippen molar-refractivity contribution >= 4 is 17.4 Å². The molecule has 152 valence electrons. The van der Waals surface area contributed by atoms with E-state index in [0.717, 1.165) is 30.5 Å². The Balaban J connectivity index is 1.54. The van der Waals surface area contributed by atoms with E-state index in [0.29, 0.717) is 25.2 Å². The lowest BCUT2D eigenvalue weighted by Gasteiger charge is -2.23. The number of hydrazone groups is 1. The molecule has 0 bridgehead atoms. The second-order valence-electron chi connectivity index (χ2n) is 7.81. The van der Waals surface area contributed by atoms with Crippen molar-refractivity contribution in [3.63, 3.8) is 0 Å². The van der Waals surface area contributed by atoms with Gasteiger partial charge in [-0.3, -0.25) is 9.59 Å². The molecule has 0 N–H and O–H groups in total. The normalized spacial score (nSPS) is 15.2. The molecule has 0 spiro atoms. The quantitative estimate of drug-likeness (QED) is 0.587. The van der Waals surface area contributed by atoms with Gasteiger partial charge in [-0.05, 0) is 43.2 Å². The zero-order chi connectivity index (χ0) is 20.6. The minimum absolute atomic E-state index is 0.0649. The van der Waals surface area contributed by atoms with Gasteiger partial charge in [-0.15, -0.1) is 0 Å². The number of nitrogens with zero attached hydrogens (tertiary/aromatic N) is 2. The Morgan fingerprint density at radius 3 is 2.48 bits per heavy atom. The van der Waals surface area contributed by atoms with Crippen molar-refractivity contribution < 1.29 is 9.59 Å². The summed E-state index contributed by atoms with van der Waals surface area (Å²) in [6, 6.07) is 18.6. The van der Waals surface area contributed by atoms with E-state index in [4.69, 9.17) is 0 Å². The van der Waals surface area contributed by atoms with Gasteiger partial charge < -0.3 is 0 Å². The predicted molar refractivity (Wildman–Crippen MR) is 117 cm³/mol. The number of carbonyl (C=O) groups excluding carboxylic acids is 2. The number of Topliss-reactive ketones (excluding diaryl/α,β-unsaturated/α-hetero) is 1. The third-order valence-electron chi connectivity index (χ3n) is 5.59. The van der Waals surface area contributed by atoms with Crippen LogP contribution in [0.25, 0.3) is 0 Å². The molecule has 0 aromatic heterocycles. The molecule has 4 heteroatoms. The van der Waals surface area contributed by atoms with Crippen LogP contribution in [0.1, 0.15) is 68.1 Å². The van der Waals surface area contributed by atoms with Crippen LogP contribution in [0.3, 0.4) is 0 Å². The van der Waals surface area contributed by atoms with Crippen molar-refractivity contribution in [2.45, 2.75) is 58.3 Å². The fraction of sp³-hybridized carbons (Fsp3) is 0.400. The first kappa shape index (κ1) is 21.0. The van der Waals surface area contributed by atoms with Crippen molar-refractivity contribution in [1.29, 1.82) is 0 Å². The molecule has 2 aromatic carbocycles. The lowest BCUT2D eigenvalue weighted by atomic mass is 9.91. The summed E-state index contributed by atoms with van der Waals surface area (Å²) in [5.74, 6) is 0.492. The first-order chi connectivity index (χ1) is 14.1. The summed E-state index contributed by atoms with van der Waals surface area (Å²) >= 11 is 0. The summed E-state index contributed by atoms with van der Waals surface area (Å²) in [5.41, 5.74) is 4.43. The van der Waals surface area contributed by atoms with Gasteiger partial charge in [-0.2, -0.15) is 5.10 Å². The molecule has 1 aliphatic rings. The number of hydrogen-bond acceptors (Lipinski definition) is 3. The average molecular weight is 391 g/mol. The molecule has 2 aromatic rings. The highest BCUT2D eigenvalue weighted by atomic mass is 16.2. The van der Waals surface area contributed by atoms with E-state index < -0.39 is 0 Å². The molecule has 1 aliphatic heterocycles. The Bertz CT molecular complexity index is 856. The molecule has 1 unspecified atom stereocenters. The summed E-state index contributed by atoms with van der Waals surface area (Å²) < 4.78 is 0. The SMILES string of the molecule is CCC(CCCC(=O)CN1N=C(c2ccc(C)cc2)CCC1=O)c1ccccc1. The van der Waals surface area contributed by atoms with Gasteiger partial charge in [-0.25, -0.2) is 5.01 Å². The molecule has 1 amide bonds. The van der Waals surface area contributed by atoms with Crippen molar-refractivity contribution in [1.82, 2.24) is 5.01 Å². The van der Waals surface area contributed by atoms with Gasteiger partial charge in [0, 0.05) is 19.3 Å². The summed E-state index contributed by atoms with van der Waals surface area (Å²) in [6.07, 6.45) is 4.41. The first-order valence-electron chi connectivity index (χ1n) is 10.6. The monoisotopic (exact) mass is 390 g/mol. The highest BCUT2D eigenvalue weighted by molar-refractivity contribution is 6.04. The van der Waals surface area contributed by atoms with Gasteiger partial charge in [-0.1, -0.05) is 67.1 Å². The van der Waals surface area contributed by atoms with Crippen LogP contribution in [0, 0.1) is 6.92 Å². The maximum Gasteiger partial charge on any atom is 0.243 e. The van der Waals surface area contributed by atoms with Crippen LogP contribution in [-0.2, 0) is 9.59 Å². The van der Waals surface area contributed by atoms with Gasteiger partial charge in [0.25, 0.3) is 0 Å². The third-order valence-corrected chi connectivity index (χ3v) is 5.59. The van der Waals surface area contributed by atoms with Gasteiger partial charge >= 0.3 is 0 Å². The largest absolute Gasteiger partial charge is 0.298 e.